The summed E-state index contributed by atoms with van der Waals surface area (Å²) in [7, 11) is 1.42. The van der Waals surface area contributed by atoms with E-state index in [0.717, 1.165) is 5.25 Å². The molecule has 0 aromatic carbocycles. The van der Waals surface area contributed by atoms with Crippen molar-refractivity contribution in [1.29, 1.82) is 0 Å². The second-order valence-corrected chi connectivity index (χ2v) is 4.46. The summed E-state index contributed by atoms with van der Waals surface area (Å²) in [4.78, 5) is 10.8. The summed E-state index contributed by atoms with van der Waals surface area (Å²) >= 11 is 1.92. The van der Waals surface area contributed by atoms with Gasteiger partial charge in [0.2, 0.25) is 0 Å². The summed E-state index contributed by atoms with van der Waals surface area (Å²) < 4.78 is 4.56. The predicted octanol–water partition coefficient (Wildman–Crippen LogP) is 1.03. The third-order valence-electron chi connectivity index (χ3n) is 2.48. The standard InChI is InChI=1S/C9H17NO2S/c1-12-9(11)6-10-7-3-4-8(5-7)13-2/h7-8,10H,3-6H2,1-2H3. The molecule has 76 valence electrons. The van der Waals surface area contributed by atoms with E-state index in [4.69, 9.17) is 0 Å². The number of ether oxygens (including phenoxy) is 1. The maximum atomic E-state index is 10.8. The van der Waals surface area contributed by atoms with Crippen LogP contribution in [-0.4, -0.2) is 37.2 Å². The first-order chi connectivity index (χ1) is 6.26. The van der Waals surface area contributed by atoms with Crippen LogP contribution < -0.4 is 5.32 Å². The molecule has 2 atom stereocenters. The lowest BCUT2D eigenvalue weighted by Gasteiger charge is -2.10. The van der Waals surface area contributed by atoms with Crippen molar-refractivity contribution in [3.63, 3.8) is 0 Å². The minimum atomic E-state index is -0.174. The molecule has 1 rings (SSSR count). The van der Waals surface area contributed by atoms with Gasteiger partial charge in [0, 0.05) is 11.3 Å². The van der Waals surface area contributed by atoms with Gasteiger partial charge in [-0.15, -0.1) is 0 Å². The fourth-order valence-electron chi connectivity index (χ4n) is 1.64. The lowest BCUT2D eigenvalue weighted by Crippen LogP contribution is -2.32. The normalized spacial score (nSPS) is 27.5. The van der Waals surface area contributed by atoms with Crippen molar-refractivity contribution in [3.05, 3.63) is 0 Å². The summed E-state index contributed by atoms with van der Waals surface area (Å²) in [6, 6.07) is 0.511. The molecule has 3 nitrogen and oxygen atoms in total. The molecule has 0 heterocycles. The van der Waals surface area contributed by atoms with Crippen molar-refractivity contribution >= 4 is 17.7 Å². The zero-order chi connectivity index (χ0) is 9.68. The first kappa shape index (κ1) is 10.9. The average Bonchev–Trinajstić information content (AvgIpc) is 2.61. The van der Waals surface area contributed by atoms with Crippen LogP contribution in [0.3, 0.4) is 0 Å². The Labute approximate surface area is 83.6 Å². The Kier molecular flexibility index (Phi) is 4.59. The summed E-state index contributed by atoms with van der Waals surface area (Å²) in [5.74, 6) is -0.174. The SMILES string of the molecule is COC(=O)CNC1CCC(SC)C1. The number of hydrogen-bond acceptors (Lipinski definition) is 4. The van der Waals surface area contributed by atoms with E-state index in [0.29, 0.717) is 12.6 Å². The minimum Gasteiger partial charge on any atom is -0.468 e. The first-order valence-electron chi connectivity index (χ1n) is 4.59. The van der Waals surface area contributed by atoms with Crippen LogP contribution in [0.5, 0.6) is 0 Å². The lowest BCUT2D eigenvalue weighted by atomic mass is 10.2. The molecule has 1 saturated carbocycles. The zero-order valence-electron chi connectivity index (χ0n) is 8.21. The molecule has 0 saturated heterocycles. The van der Waals surface area contributed by atoms with Gasteiger partial charge in [0.1, 0.15) is 0 Å². The summed E-state index contributed by atoms with van der Waals surface area (Å²) in [5, 5.41) is 3.98. The molecule has 2 unspecified atom stereocenters. The summed E-state index contributed by atoms with van der Waals surface area (Å²) in [6.45, 7) is 0.349. The number of rotatable bonds is 4. The molecule has 0 aromatic rings. The molecule has 0 spiro atoms. The largest absolute Gasteiger partial charge is 0.468 e. The fourth-order valence-corrected chi connectivity index (χ4v) is 2.44. The molecular formula is C9H17NO2S. The topological polar surface area (TPSA) is 38.3 Å². The lowest BCUT2D eigenvalue weighted by molar-refractivity contribution is -0.139. The summed E-state index contributed by atoms with van der Waals surface area (Å²) in [5.41, 5.74) is 0. The van der Waals surface area contributed by atoms with E-state index >= 15 is 0 Å². The molecule has 0 bridgehead atoms. The van der Waals surface area contributed by atoms with Gasteiger partial charge in [-0.25, -0.2) is 0 Å². The molecule has 1 aliphatic carbocycles. The van der Waals surface area contributed by atoms with Crippen LogP contribution in [0.15, 0.2) is 0 Å². The predicted molar refractivity (Wildman–Crippen MR) is 55.0 cm³/mol. The Balaban J connectivity index is 2.13. The van der Waals surface area contributed by atoms with Crippen LogP contribution in [-0.2, 0) is 9.53 Å². The van der Waals surface area contributed by atoms with Crippen molar-refractivity contribution in [3.8, 4) is 0 Å². The molecule has 1 N–H and O–H groups in total. The highest BCUT2D eigenvalue weighted by atomic mass is 32.2. The van der Waals surface area contributed by atoms with Gasteiger partial charge in [-0.2, -0.15) is 11.8 Å². The van der Waals surface area contributed by atoms with Gasteiger partial charge < -0.3 is 10.1 Å². The van der Waals surface area contributed by atoms with Crippen LogP contribution in [0.1, 0.15) is 19.3 Å². The number of thioether (sulfide) groups is 1. The highest BCUT2D eigenvalue weighted by molar-refractivity contribution is 7.99. The van der Waals surface area contributed by atoms with Gasteiger partial charge in [0.15, 0.2) is 0 Å². The highest BCUT2D eigenvalue weighted by Crippen LogP contribution is 2.27. The van der Waals surface area contributed by atoms with Crippen molar-refractivity contribution in [1.82, 2.24) is 5.32 Å². The number of methoxy groups -OCH3 is 1. The van der Waals surface area contributed by atoms with E-state index < -0.39 is 0 Å². The number of nitrogens with one attached hydrogen (secondary N) is 1. The maximum absolute atomic E-state index is 10.8. The Morgan fingerprint density at radius 1 is 1.62 bits per heavy atom. The van der Waals surface area contributed by atoms with Gasteiger partial charge in [-0.05, 0) is 25.5 Å². The second-order valence-electron chi connectivity index (χ2n) is 3.32. The number of hydrogen-bond donors (Lipinski definition) is 1. The first-order valence-corrected chi connectivity index (χ1v) is 5.88. The van der Waals surface area contributed by atoms with Crippen molar-refractivity contribution in [2.75, 3.05) is 19.9 Å². The average molecular weight is 203 g/mol. The molecule has 0 aliphatic heterocycles. The van der Waals surface area contributed by atoms with Crippen LogP contribution >= 0.6 is 11.8 Å². The van der Waals surface area contributed by atoms with Gasteiger partial charge in [0.25, 0.3) is 0 Å². The Morgan fingerprint density at radius 2 is 2.38 bits per heavy atom. The van der Waals surface area contributed by atoms with Crippen molar-refractivity contribution in [2.24, 2.45) is 0 Å². The fraction of sp³-hybridized carbons (Fsp3) is 0.889. The second kappa shape index (κ2) is 5.50. The smallest absolute Gasteiger partial charge is 0.319 e. The van der Waals surface area contributed by atoms with Gasteiger partial charge in [-0.1, -0.05) is 0 Å². The van der Waals surface area contributed by atoms with E-state index in [1.54, 1.807) is 0 Å². The van der Waals surface area contributed by atoms with Crippen LogP contribution in [0, 0.1) is 0 Å². The van der Waals surface area contributed by atoms with Gasteiger partial charge >= 0.3 is 5.97 Å². The van der Waals surface area contributed by atoms with E-state index in [-0.39, 0.29) is 5.97 Å². The van der Waals surface area contributed by atoms with Gasteiger partial charge in [-0.3, -0.25) is 4.79 Å². The molecular weight excluding hydrogens is 186 g/mol. The van der Waals surface area contributed by atoms with Gasteiger partial charge in [0.05, 0.1) is 13.7 Å². The molecule has 0 radical (unpaired) electrons. The third kappa shape index (κ3) is 3.56. The Morgan fingerprint density at radius 3 is 2.92 bits per heavy atom. The molecule has 1 aliphatic rings. The molecule has 0 aromatic heterocycles. The highest BCUT2D eigenvalue weighted by Gasteiger charge is 2.23. The number of esters is 1. The number of carbonyl (C=O) groups excluding carboxylic acids is 1. The van der Waals surface area contributed by atoms with Crippen LogP contribution in [0.2, 0.25) is 0 Å². The molecule has 1 fully saturated rings. The van der Waals surface area contributed by atoms with Crippen LogP contribution in [0.4, 0.5) is 0 Å². The van der Waals surface area contributed by atoms with E-state index in [2.05, 4.69) is 16.3 Å². The molecule has 4 heteroatoms. The maximum Gasteiger partial charge on any atom is 0.319 e. The zero-order valence-corrected chi connectivity index (χ0v) is 9.02. The minimum absolute atomic E-state index is 0.174. The van der Waals surface area contributed by atoms with E-state index in [9.17, 15) is 4.79 Å². The Bertz CT molecular complexity index is 175. The monoisotopic (exact) mass is 203 g/mol. The van der Waals surface area contributed by atoms with E-state index in [1.165, 1.54) is 26.4 Å². The Hall–Kier alpha value is -0.220. The summed E-state index contributed by atoms with van der Waals surface area (Å²) in [6.07, 6.45) is 5.77. The molecule has 0 amide bonds. The molecule has 13 heavy (non-hydrogen) atoms. The van der Waals surface area contributed by atoms with E-state index in [1.807, 2.05) is 11.8 Å². The van der Waals surface area contributed by atoms with Crippen molar-refractivity contribution < 1.29 is 9.53 Å². The van der Waals surface area contributed by atoms with Crippen molar-refractivity contribution in [2.45, 2.75) is 30.6 Å². The van der Waals surface area contributed by atoms with Crippen LogP contribution in [0.25, 0.3) is 0 Å². The third-order valence-corrected chi connectivity index (χ3v) is 3.58. The number of carbonyl (C=O) groups is 1. The quantitative estimate of drug-likeness (QED) is 0.693.